The summed E-state index contributed by atoms with van der Waals surface area (Å²) in [5.41, 5.74) is 1.09. The number of carboxylic acids is 2. The van der Waals surface area contributed by atoms with Gasteiger partial charge in [-0.05, 0) is 73.0 Å². The van der Waals surface area contributed by atoms with E-state index in [2.05, 4.69) is 21.3 Å². The van der Waals surface area contributed by atoms with Crippen LogP contribution in [-0.4, -0.2) is 53.9 Å². The number of hydrogen-bond acceptors (Lipinski definition) is 6. The Bertz CT molecular complexity index is 1040. The molecule has 0 bridgehead atoms. The topological polar surface area (TPSA) is 157 Å². The van der Waals surface area contributed by atoms with Crippen molar-refractivity contribution in [2.45, 2.75) is 22.6 Å². The van der Waals surface area contributed by atoms with E-state index in [0.29, 0.717) is 11.4 Å². The van der Waals surface area contributed by atoms with Crippen LogP contribution in [0.15, 0.2) is 58.3 Å². The molecule has 10 nitrogen and oxygen atoms in total. The van der Waals surface area contributed by atoms with E-state index < -0.39 is 21.8 Å². The number of hydrogen-bond donors (Lipinski definition) is 6. The van der Waals surface area contributed by atoms with Gasteiger partial charge >= 0.3 is 11.9 Å². The van der Waals surface area contributed by atoms with Gasteiger partial charge in [-0.1, -0.05) is 0 Å². The van der Waals surface area contributed by atoms with Crippen molar-refractivity contribution in [1.82, 2.24) is 10.6 Å². The lowest BCUT2D eigenvalue weighted by Gasteiger charge is -2.12. The SMILES string of the molecule is O=C(O)CCNC(=S)Nc1ccc(S(=O)(=O)c2ccc(NC(=S)NCCC(=O)O)cc2)cc1. The maximum Gasteiger partial charge on any atom is 0.305 e. The molecule has 0 aromatic heterocycles. The molecule has 2 rings (SSSR count). The summed E-state index contributed by atoms with van der Waals surface area (Å²) in [5.74, 6) is -1.89. The first-order valence-corrected chi connectivity index (χ1v) is 11.9. The summed E-state index contributed by atoms with van der Waals surface area (Å²) in [4.78, 5) is 21.2. The number of thiocarbonyl (C=S) groups is 2. The predicted molar refractivity (Wildman–Crippen MR) is 131 cm³/mol. The van der Waals surface area contributed by atoms with Gasteiger partial charge in [0.25, 0.3) is 0 Å². The number of carboxylic acid groups (broad SMARTS) is 2. The number of benzene rings is 2. The summed E-state index contributed by atoms with van der Waals surface area (Å²) in [6.07, 6.45) is -0.166. The molecule has 0 radical (unpaired) electrons. The molecular formula is C20H22N4O6S3. The van der Waals surface area contributed by atoms with E-state index in [1.807, 2.05) is 0 Å². The third kappa shape index (κ3) is 8.63. The third-order valence-electron chi connectivity index (χ3n) is 4.09. The normalized spacial score (nSPS) is 10.7. The van der Waals surface area contributed by atoms with Crippen molar-refractivity contribution in [3.05, 3.63) is 48.5 Å². The maximum atomic E-state index is 12.9. The molecule has 13 heteroatoms. The predicted octanol–water partition coefficient (Wildman–Crippen LogP) is 2.04. The smallest absolute Gasteiger partial charge is 0.305 e. The number of anilines is 2. The number of rotatable bonds is 10. The number of carbonyl (C=O) groups is 2. The average Bonchev–Trinajstić information content (AvgIpc) is 2.74. The third-order valence-corrected chi connectivity index (χ3v) is 6.37. The van der Waals surface area contributed by atoms with Crippen LogP contribution in [0.1, 0.15) is 12.8 Å². The molecule has 33 heavy (non-hydrogen) atoms. The minimum atomic E-state index is -3.76. The Morgan fingerprint density at radius 2 is 1.03 bits per heavy atom. The summed E-state index contributed by atoms with van der Waals surface area (Å²) in [6.45, 7) is 0.337. The first-order valence-electron chi connectivity index (χ1n) is 9.56. The van der Waals surface area contributed by atoms with Gasteiger partial charge in [0.15, 0.2) is 10.2 Å². The standard InChI is InChI=1S/C20H22N4O6S3/c25-17(26)9-11-21-19(31)23-13-1-5-15(6-2-13)33(29,30)16-7-3-14(4-8-16)24-20(32)22-12-10-18(27)28/h1-8H,9-12H2,(H,25,26)(H,27,28)(H2,21,23,31)(H2,22,24,32). The molecule has 0 atom stereocenters. The molecule has 0 aliphatic carbocycles. The Morgan fingerprint density at radius 1 is 0.697 bits per heavy atom. The Kier molecular flexibility index (Phi) is 9.51. The van der Waals surface area contributed by atoms with Crippen LogP contribution < -0.4 is 21.3 Å². The van der Waals surface area contributed by atoms with Crippen molar-refractivity contribution in [2.24, 2.45) is 0 Å². The summed E-state index contributed by atoms with van der Waals surface area (Å²) < 4.78 is 25.8. The second-order valence-electron chi connectivity index (χ2n) is 6.60. The van der Waals surface area contributed by atoms with Gasteiger partial charge in [0, 0.05) is 24.5 Å². The molecule has 6 N–H and O–H groups in total. The van der Waals surface area contributed by atoms with Gasteiger partial charge in [-0.2, -0.15) is 0 Å². The highest BCUT2D eigenvalue weighted by atomic mass is 32.2. The van der Waals surface area contributed by atoms with Crippen LogP contribution in [0.3, 0.4) is 0 Å². The van der Waals surface area contributed by atoms with Crippen molar-refractivity contribution >= 4 is 67.8 Å². The van der Waals surface area contributed by atoms with Gasteiger partial charge in [0.05, 0.1) is 22.6 Å². The van der Waals surface area contributed by atoms with Gasteiger partial charge < -0.3 is 31.5 Å². The lowest BCUT2D eigenvalue weighted by molar-refractivity contribution is -0.137. The lowest BCUT2D eigenvalue weighted by atomic mass is 10.3. The molecule has 176 valence electrons. The minimum absolute atomic E-state index is 0.0830. The monoisotopic (exact) mass is 510 g/mol. The minimum Gasteiger partial charge on any atom is -0.481 e. The van der Waals surface area contributed by atoms with E-state index in [9.17, 15) is 18.0 Å². The van der Waals surface area contributed by atoms with Crippen molar-refractivity contribution in [2.75, 3.05) is 23.7 Å². The van der Waals surface area contributed by atoms with Crippen LogP contribution in [0.2, 0.25) is 0 Å². The van der Waals surface area contributed by atoms with Gasteiger partial charge in [-0.15, -0.1) is 0 Å². The second-order valence-corrected chi connectivity index (χ2v) is 9.37. The zero-order chi connectivity index (χ0) is 24.4. The highest BCUT2D eigenvalue weighted by molar-refractivity contribution is 7.91. The molecule has 0 saturated heterocycles. The fourth-order valence-electron chi connectivity index (χ4n) is 2.49. The van der Waals surface area contributed by atoms with Crippen molar-refractivity contribution in [3.8, 4) is 0 Å². The van der Waals surface area contributed by atoms with Gasteiger partial charge in [0.2, 0.25) is 9.84 Å². The molecule has 0 amide bonds. The van der Waals surface area contributed by atoms with Crippen LogP contribution in [0.4, 0.5) is 11.4 Å². The average molecular weight is 511 g/mol. The molecule has 0 spiro atoms. The molecule has 0 aliphatic rings. The zero-order valence-corrected chi connectivity index (χ0v) is 19.6. The van der Waals surface area contributed by atoms with E-state index >= 15 is 0 Å². The maximum absolute atomic E-state index is 12.9. The van der Waals surface area contributed by atoms with Gasteiger partial charge in [-0.3, -0.25) is 9.59 Å². The van der Waals surface area contributed by atoms with Crippen LogP contribution in [0.5, 0.6) is 0 Å². The fourth-order valence-corrected chi connectivity index (χ4v) is 4.19. The Labute approximate surface area is 201 Å². The molecule has 2 aromatic carbocycles. The fraction of sp³-hybridized carbons (Fsp3) is 0.200. The Hall–Kier alpha value is -3.29. The highest BCUT2D eigenvalue weighted by Gasteiger charge is 2.17. The number of aliphatic carboxylic acids is 2. The largest absolute Gasteiger partial charge is 0.481 e. The lowest BCUT2D eigenvalue weighted by Crippen LogP contribution is -2.30. The van der Waals surface area contributed by atoms with E-state index in [1.54, 1.807) is 24.3 Å². The molecule has 0 heterocycles. The highest BCUT2D eigenvalue weighted by Crippen LogP contribution is 2.23. The molecule has 0 saturated carbocycles. The Morgan fingerprint density at radius 3 is 1.33 bits per heavy atom. The van der Waals surface area contributed by atoms with Gasteiger partial charge in [-0.25, -0.2) is 8.42 Å². The zero-order valence-electron chi connectivity index (χ0n) is 17.2. The molecule has 0 fully saturated rings. The first kappa shape index (κ1) is 26.0. The molecule has 2 aromatic rings. The van der Waals surface area contributed by atoms with Crippen molar-refractivity contribution < 1.29 is 28.2 Å². The molecule has 0 unspecified atom stereocenters. The molecular weight excluding hydrogens is 488 g/mol. The van der Waals surface area contributed by atoms with Crippen LogP contribution >= 0.6 is 24.4 Å². The van der Waals surface area contributed by atoms with Crippen LogP contribution in [0.25, 0.3) is 0 Å². The van der Waals surface area contributed by atoms with Crippen molar-refractivity contribution in [1.29, 1.82) is 0 Å². The number of sulfone groups is 1. The van der Waals surface area contributed by atoms with Crippen LogP contribution in [0, 0.1) is 0 Å². The quantitative estimate of drug-likeness (QED) is 0.259. The summed E-state index contributed by atoms with van der Waals surface area (Å²) in [7, 11) is -3.76. The van der Waals surface area contributed by atoms with Gasteiger partial charge in [0.1, 0.15) is 0 Å². The molecule has 0 aliphatic heterocycles. The van der Waals surface area contributed by atoms with E-state index in [-0.39, 0.29) is 45.9 Å². The van der Waals surface area contributed by atoms with E-state index in [1.165, 1.54) is 24.3 Å². The summed E-state index contributed by atoms with van der Waals surface area (Å²) in [5, 5.41) is 28.9. The van der Waals surface area contributed by atoms with Crippen molar-refractivity contribution in [3.63, 3.8) is 0 Å². The second kappa shape index (κ2) is 12.1. The summed E-state index contributed by atoms with van der Waals surface area (Å²) in [6, 6.07) is 11.9. The Balaban J connectivity index is 1.97. The van der Waals surface area contributed by atoms with E-state index in [4.69, 9.17) is 34.6 Å². The number of nitrogens with one attached hydrogen (secondary N) is 4. The van der Waals surface area contributed by atoms with Crippen LogP contribution in [-0.2, 0) is 19.4 Å². The first-order chi connectivity index (χ1) is 15.6. The summed E-state index contributed by atoms with van der Waals surface area (Å²) >= 11 is 10.1. The van der Waals surface area contributed by atoms with E-state index in [0.717, 1.165) is 0 Å².